The molecule has 3 nitrogen and oxygen atoms in total. The van der Waals surface area contributed by atoms with E-state index in [-0.39, 0.29) is 18.5 Å². The van der Waals surface area contributed by atoms with Gasteiger partial charge in [-0.3, -0.25) is 4.79 Å². The SMILES string of the molecule is CCC(C)C(O)CNC(=O)c1ccc(F)cc1C(F)(F)F. The number of carbonyl (C=O) groups is 1. The van der Waals surface area contributed by atoms with Gasteiger partial charge in [-0.15, -0.1) is 0 Å². The zero-order valence-electron chi connectivity index (χ0n) is 11.7. The van der Waals surface area contributed by atoms with Gasteiger partial charge in [0, 0.05) is 6.54 Å². The Morgan fingerprint density at radius 1 is 1.38 bits per heavy atom. The Hall–Kier alpha value is -1.63. The first-order chi connectivity index (χ1) is 9.66. The quantitative estimate of drug-likeness (QED) is 0.822. The normalized spacial score (nSPS) is 14.6. The molecule has 7 heteroatoms. The first kappa shape index (κ1) is 17.4. The second kappa shape index (κ2) is 6.89. The summed E-state index contributed by atoms with van der Waals surface area (Å²) >= 11 is 0. The number of nitrogens with one attached hydrogen (secondary N) is 1. The van der Waals surface area contributed by atoms with Crippen LogP contribution in [-0.4, -0.2) is 23.7 Å². The number of benzene rings is 1. The van der Waals surface area contributed by atoms with Crippen LogP contribution in [0.4, 0.5) is 17.6 Å². The lowest BCUT2D eigenvalue weighted by atomic mass is 10.0. The van der Waals surface area contributed by atoms with Gasteiger partial charge in [0.1, 0.15) is 5.82 Å². The number of hydrogen-bond donors (Lipinski definition) is 2. The highest BCUT2D eigenvalue weighted by Gasteiger charge is 2.35. The van der Waals surface area contributed by atoms with E-state index in [1.54, 1.807) is 6.92 Å². The Labute approximate surface area is 120 Å². The smallest absolute Gasteiger partial charge is 0.391 e. The highest BCUT2D eigenvalue weighted by molar-refractivity contribution is 5.95. The molecule has 0 fully saturated rings. The number of amides is 1. The number of alkyl halides is 3. The molecular formula is C14H17F4NO2. The Morgan fingerprint density at radius 3 is 2.52 bits per heavy atom. The Balaban J connectivity index is 2.88. The van der Waals surface area contributed by atoms with E-state index in [0.717, 1.165) is 12.1 Å². The maximum atomic E-state index is 12.9. The van der Waals surface area contributed by atoms with Gasteiger partial charge in [-0.25, -0.2) is 4.39 Å². The molecule has 1 aromatic rings. The van der Waals surface area contributed by atoms with Gasteiger partial charge in [-0.1, -0.05) is 20.3 Å². The van der Waals surface area contributed by atoms with E-state index in [0.29, 0.717) is 6.42 Å². The predicted molar refractivity (Wildman–Crippen MR) is 69.2 cm³/mol. The van der Waals surface area contributed by atoms with Gasteiger partial charge in [0.2, 0.25) is 0 Å². The molecule has 118 valence electrons. The van der Waals surface area contributed by atoms with Crippen molar-refractivity contribution < 1.29 is 27.5 Å². The average molecular weight is 307 g/mol. The van der Waals surface area contributed by atoms with E-state index in [1.165, 1.54) is 0 Å². The van der Waals surface area contributed by atoms with Crippen molar-refractivity contribution in [1.82, 2.24) is 5.32 Å². The number of rotatable bonds is 5. The predicted octanol–water partition coefficient (Wildman–Crippen LogP) is 2.98. The van der Waals surface area contributed by atoms with Gasteiger partial charge in [0.15, 0.2) is 0 Å². The molecule has 0 aliphatic carbocycles. The van der Waals surface area contributed by atoms with Crippen LogP contribution in [0.5, 0.6) is 0 Å². The van der Waals surface area contributed by atoms with E-state index in [4.69, 9.17) is 0 Å². The van der Waals surface area contributed by atoms with Gasteiger partial charge in [0.25, 0.3) is 5.91 Å². The number of hydrogen-bond acceptors (Lipinski definition) is 2. The average Bonchev–Trinajstić information content (AvgIpc) is 2.42. The van der Waals surface area contributed by atoms with Crippen molar-refractivity contribution in [1.29, 1.82) is 0 Å². The molecule has 2 N–H and O–H groups in total. The molecule has 1 amide bonds. The third-order valence-corrected chi connectivity index (χ3v) is 3.30. The summed E-state index contributed by atoms with van der Waals surface area (Å²) in [6.45, 7) is 3.44. The van der Waals surface area contributed by atoms with Crippen LogP contribution in [0.15, 0.2) is 18.2 Å². The minimum absolute atomic E-state index is 0.0967. The fourth-order valence-corrected chi connectivity index (χ4v) is 1.71. The van der Waals surface area contributed by atoms with Gasteiger partial charge >= 0.3 is 6.18 Å². The third-order valence-electron chi connectivity index (χ3n) is 3.30. The Morgan fingerprint density at radius 2 is 2.00 bits per heavy atom. The zero-order chi connectivity index (χ0) is 16.2. The fraction of sp³-hybridized carbons (Fsp3) is 0.500. The maximum absolute atomic E-state index is 12.9. The molecule has 0 heterocycles. The minimum Gasteiger partial charge on any atom is -0.391 e. The molecule has 2 atom stereocenters. The summed E-state index contributed by atoms with van der Waals surface area (Å²) in [6, 6.07) is 1.85. The molecule has 0 saturated carbocycles. The van der Waals surface area contributed by atoms with E-state index in [2.05, 4.69) is 5.32 Å². The van der Waals surface area contributed by atoms with Crippen molar-refractivity contribution in [3.63, 3.8) is 0 Å². The van der Waals surface area contributed by atoms with Crippen LogP contribution < -0.4 is 5.32 Å². The summed E-state index contributed by atoms with van der Waals surface area (Å²) in [5.74, 6) is -2.16. The third kappa shape index (κ3) is 4.70. The minimum atomic E-state index is -4.83. The number of aliphatic hydroxyl groups is 1. The van der Waals surface area contributed by atoms with E-state index in [1.807, 2.05) is 6.92 Å². The lowest BCUT2D eigenvalue weighted by Gasteiger charge is -2.18. The summed E-state index contributed by atoms with van der Waals surface area (Å²) in [6.07, 6.45) is -5.01. The molecule has 1 aromatic carbocycles. The molecule has 0 aliphatic rings. The summed E-state index contributed by atoms with van der Waals surface area (Å²) in [5, 5.41) is 11.9. The van der Waals surface area contributed by atoms with Gasteiger partial charge in [-0.05, 0) is 24.1 Å². The summed E-state index contributed by atoms with van der Waals surface area (Å²) in [5.41, 5.74) is -2.00. The van der Waals surface area contributed by atoms with Crippen LogP contribution in [0, 0.1) is 11.7 Å². The van der Waals surface area contributed by atoms with Crippen molar-refractivity contribution in [2.45, 2.75) is 32.5 Å². The Kier molecular flexibility index (Phi) is 5.71. The zero-order valence-corrected chi connectivity index (χ0v) is 11.7. The summed E-state index contributed by atoms with van der Waals surface area (Å²) < 4.78 is 51.3. The topological polar surface area (TPSA) is 49.3 Å². The van der Waals surface area contributed by atoms with E-state index >= 15 is 0 Å². The largest absolute Gasteiger partial charge is 0.417 e. The molecule has 0 spiro atoms. The lowest BCUT2D eigenvalue weighted by Crippen LogP contribution is -2.36. The maximum Gasteiger partial charge on any atom is 0.417 e. The molecule has 0 aliphatic heterocycles. The second-order valence-corrected chi connectivity index (χ2v) is 4.85. The van der Waals surface area contributed by atoms with Crippen molar-refractivity contribution in [3.05, 3.63) is 35.1 Å². The van der Waals surface area contributed by atoms with E-state index in [9.17, 15) is 27.5 Å². The van der Waals surface area contributed by atoms with Crippen LogP contribution in [0.3, 0.4) is 0 Å². The molecule has 0 bridgehead atoms. The molecular weight excluding hydrogens is 290 g/mol. The summed E-state index contributed by atoms with van der Waals surface area (Å²) in [7, 11) is 0. The van der Waals surface area contributed by atoms with Crippen LogP contribution in [0.2, 0.25) is 0 Å². The number of halogens is 4. The molecule has 2 unspecified atom stereocenters. The van der Waals surface area contributed by atoms with Gasteiger partial charge < -0.3 is 10.4 Å². The van der Waals surface area contributed by atoms with Gasteiger partial charge in [-0.2, -0.15) is 13.2 Å². The number of aliphatic hydroxyl groups excluding tert-OH is 1. The first-order valence-corrected chi connectivity index (χ1v) is 6.49. The lowest BCUT2D eigenvalue weighted by molar-refractivity contribution is -0.138. The van der Waals surface area contributed by atoms with Gasteiger partial charge in [0.05, 0.1) is 17.2 Å². The number of carbonyl (C=O) groups excluding carboxylic acids is 1. The summed E-state index contributed by atoms with van der Waals surface area (Å²) in [4.78, 5) is 11.8. The van der Waals surface area contributed by atoms with Crippen LogP contribution in [-0.2, 0) is 6.18 Å². The highest BCUT2D eigenvalue weighted by atomic mass is 19.4. The first-order valence-electron chi connectivity index (χ1n) is 6.49. The van der Waals surface area contributed by atoms with Crippen LogP contribution in [0.25, 0.3) is 0 Å². The standard InChI is InChI=1S/C14H17F4NO2/c1-3-8(2)12(20)7-19-13(21)10-5-4-9(15)6-11(10)14(16,17)18/h4-6,8,12,20H,3,7H2,1-2H3,(H,19,21). The fourth-order valence-electron chi connectivity index (χ4n) is 1.71. The molecule has 1 rings (SSSR count). The van der Waals surface area contributed by atoms with E-state index < -0.39 is 35.1 Å². The molecule has 21 heavy (non-hydrogen) atoms. The van der Waals surface area contributed by atoms with Crippen LogP contribution in [0.1, 0.15) is 36.2 Å². The molecule has 0 aromatic heterocycles. The Bertz CT molecular complexity index is 502. The van der Waals surface area contributed by atoms with Crippen molar-refractivity contribution in [3.8, 4) is 0 Å². The second-order valence-electron chi connectivity index (χ2n) is 4.85. The monoisotopic (exact) mass is 307 g/mol. The van der Waals surface area contributed by atoms with Crippen molar-refractivity contribution >= 4 is 5.91 Å². The molecule has 0 radical (unpaired) electrons. The van der Waals surface area contributed by atoms with Crippen molar-refractivity contribution in [2.75, 3.05) is 6.54 Å². The highest BCUT2D eigenvalue weighted by Crippen LogP contribution is 2.32. The van der Waals surface area contributed by atoms with Crippen molar-refractivity contribution in [2.24, 2.45) is 5.92 Å². The van der Waals surface area contributed by atoms with Crippen LogP contribution >= 0.6 is 0 Å². The molecule has 0 saturated heterocycles.